The maximum atomic E-state index is 12.8. The van der Waals surface area contributed by atoms with Crippen molar-refractivity contribution in [3.63, 3.8) is 0 Å². The second-order valence-corrected chi connectivity index (χ2v) is 4.00. The molecule has 0 saturated heterocycles. The molecule has 0 aliphatic heterocycles. The Balaban J connectivity index is 0.00000324. The van der Waals surface area contributed by atoms with Crippen molar-refractivity contribution in [2.24, 2.45) is 5.84 Å². The van der Waals surface area contributed by atoms with Crippen LogP contribution in [-0.4, -0.2) is 11.8 Å². The van der Waals surface area contributed by atoms with E-state index >= 15 is 0 Å². The molecule has 0 bridgehead atoms. The Labute approximate surface area is 119 Å². The number of hydrogen-bond donors (Lipinski definition) is 2. The number of hydrogen-bond acceptors (Lipinski definition) is 2. The lowest BCUT2D eigenvalue weighted by Crippen LogP contribution is -2.35. The third-order valence-electron chi connectivity index (χ3n) is 2.50. The number of amides is 1. The van der Waals surface area contributed by atoms with E-state index in [2.05, 4.69) is 0 Å². The SMILES string of the molecule is Cl.NNC(=O)C(CCCl)c1ccccc1C(F)(F)F. The molecule has 0 fully saturated rings. The van der Waals surface area contributed by atoms with E-state index in [1.807, 2.05) is 5.43 Å². The van der Waals surface area contributed by atoms with Crippen LogP contribution in [0.3, 0.4) is 0 Å². The minimum atomic E-state index is -4.52. The molecule has 0 spiro atoms. The molecule has 3 nitrogen and oxygen atoms in total. The van der Waals surface area contributed by atoms with Gasteiger partial charge in [0.25, 0.3) is 0 Å². The lowest BCUT2D eigenvalue weighted by atomic mass is 9.91. The van der Waals surface area contributed by atoms with E-state index < -0.39 is 23.6 Å². The second-order valence-electron chi connectivity index (χ2n) is 3.62. The van der Waals surface area contributed by atoms with E-state index in [4.69, 9.17) is 17.4 Å². The molecule has 0 aromatic heterocycles. The molecular weight excluding hydrogens is 304 g/mol. The summed E-state index contributed by atoms with van der Waals surface area (Å²) in [6.45, 7) is 0. The normalized spacial score (nSPS) is 12.5. The lowest BCUT2D eigenvalue weighted by Gasteiger charge is -2.19. The number of carbonyl (C=O) groups is 1. The largest absolute Gasteiger partial charge is 0.416 e. The van der Waals surface area contributed by atoms with E-state index in [-0.39, 0.29) is 30.3 Å². The number of carbonyl (C=O) groups excluding carboxylic acids is 1. The third kappa shape index (κ3) is 4.56. The predicted molar refractivity (Wildman–Crippen MR) is 69.1 cm³/mol. The first kappa shape index (κ1) is 18.0. The molecule has 1 rings (SSSR count). The van der Waals surface area contributed by atoms with Crippen LogP contribution in [0, 0.1) is 0 Å². The van der Waals surface area contributed by atoms with Gasteiger partial charge in [-0.15, -0.1) is 24.0 Å². The second kappa shape index (κ2) is 7.57. The molecular formula is C11H13Cl2F3N2O. The number of nitrogens with one attached hydrogen (secondary N) is 1. The van der Waals surface area contributed by atoms with Crippen LogP contribution in [0.2, 0.25) is 0 Å². The maximum absolute atomic E-state index is 12.8. The molecule has 1 atom stereocenters. The highest BCUT2D eigenvalue weighted by Crippen LogP contribution is 2.36. The molecule has 0 aliphatic carbocycles. The van der Waals surface area contributed by atoms with Crippen LogP contribution in [0.1, 0.15) is 23.5 Å². The van der Waals surface area contributed by atoms with Gasteiger partial charge in [0.1, 0.15) is 0 Å². The highest BCUT2D eigenvalue weighted by atomic mass is 35.5. The summed E-state index contributed by atoms with van der Waals surface area (Å²) in [5.41, 5.74) is 0.901. The molecule has 19 heavy (non-hydrogen) atoms. The Hall–Kier alpha value is -0.980. The number of rotatable bonds is 4. The average molecular weight is 317 g/mol. The third-order valence-corrected chi connectivity index (χ3v) is 2.72. The van der Waals surface area contributed by atoms with Crippen molar-refractivity contribution in [1.82, 2.24) is 5.43 Å². The Morgan fingerprint density at radius 3 is 2.42 bits per heavy atom. The summed E-state index contributed by atoms with van der Waals surface area (Å²) < 4.78 is 38.5. The number of halogens is 5. The van der Waals surface area contributed by atoms with Crippen molar-refractivity contribution in [2.45, 2.75) is 18.5 Å². The van der Waals surface area contributed by atoms with Gasteiger partial charge in [-0.05, 0) is 18.1 Å². The monoisotopic (exact) mass is 316 g/mol. The predicted octanol–water partition coefficient (Wildman–Crippen LogP) is 2.83. The van der Waals surface area contributed by atoms with Gasteiger partial charge in [0.15, 0.2) is 0 Å². The van der Waals surface area contributed by atoms with E-state index in [9.17, 15) is 18.0 Å². The van der Waals surface area contributed by atoms with Crippen molar-refractivity contribution in [3.05, 3.63) is 35.4 Å². The van der Waals surface area contributed by atoms with Gasteiger partial charge in [0.2, 0.25) is 5.91 Å². The summed E-state index contributed by atoms with van der Waals surface area (Å²) >= 11 is 5.51. The van der Waals surface area contributed by atoms with Gasteiger partial charge in [0.05, 0.1) is 11.5 Å². The zero-order valence-corrected chi connectivity index (χ0v) is 11.3. The topological polar surface area (TPSA) is 55.1 Å². The summed E-state index contributed by atoms with van der Waals surface area (Å²) in [5.74, 6) is 3.34. The fourth-order valence-corrected chi connectivity index (χ4v) is 1.91. The van der Waals surface area contributed by atoms with Crippen LogP contribution in [0.5, 0.6) is 0 Å². The number of nitrogens with two attached hydrogens (primary N) is 1. The molecule has 8 heteroatoms. The van der Waals surface area contributed by atoms with Crippen LogP contribution in [0.15, 0.2) is 24.3 Å². The lowest BCUT2D eigenvalue weighted by molar-refractivity contribution is -0.138. The summed E-state index contributed by atoms with van der Waals surface area (Å²) in [7, 11) is 0. The van der Waals surface area contributed by atoms with Crippen molar-refractivity contribution >= 4 is 29.9 Å². The molecule has 1 unspecified atom stereocenters. The van der Waals surface area contributed by atoms with Gasteiger partial charge < -0.3 is 0 Å². The Morgan fingerprint density at radius 1 is 1.37 bits per heavy atom. The van der Waals surface area contributed by atoms with Crippen LogP contribution in [-0.2, 0) is 11.0 Å². The van der Waals surface area contributed by atoms with Crippen LogP contribution in [0.4, 0.5) is 13.2 Å². The summed E-state index contributed by atoms with van der Waals surface area (Å²) in [4.78, 5) is 11.5. The number of alkyl halides is 4. The van der Waals surface area contributed by atoms with Crippen molar-refractivity contribution in [2.75, 3.05) is 5.88 Å². The zero-order chi connectivity index (χ0) is 13.8. The number of hydrazine groups is 1. The standard InChI is InChI=1S/C11H12ClF3N2O.ClH/c12-6-5-8(10(18)17-16)7-3-1-2-4-9(7)11(13,14)15;/h1-4,8H,5-6,16H2,(H,17,18);1H. The minimum absolute atomic E-state index is 0. The van der Waals surface area contributed by atoms with Crippen LogP contribution < -0.4 is 11.3 Å². The highest BCUT2D eigenvalue weighted by molar-refractivity contribution is 6.18. The molecule has 0 radical (unpaired) electrons. The minimum Gasteiger partial charge on any atom is -0.294 e. The highest BCUT2D eigenvalue weighted by Gasteiger charge is 2.36. The first-order valence-corrected chi connectivity index (χ1v) is 5.67. The van der Waals surface area contributed by atoms with Crippen molar-refractivity contribution < 1.29 is 18.0 Å². The van der Waals surface area contributed by atoms with Crippen molar-refractivity contribution in [1.29, 1.82) is 0 Å². The van der Waals surface area contributed by atoms with Gasteiger partial charge in [-0.1, -0.05) is 18.2 Å². The average Bonchev–Trinajstić information content (AvgIpc) is 2.34. The Kier molecular flexibility index (Phi) is 7.18. The summed E-state index contributed by atoms with van der Waals surface area (Å²) in [5, 5.41) is 0. The molecule has 1 amide bonds. The zero-order valence-electron chi connectivity index (χ0n) is 9.71. The summed E-state index contributed by atoms with van der Waals surface area (Å²) in [6.07, 6.45) is -4.44. The maximum Gasteiger partial charge on any atom is 0.416 e. The van der Waals surface area contributed by atoms with Crippen LogP contribution in [0.25, 0.3) is 0 Å². The molecule has 108 valence electrons. The first-order chi connectivity index (χ1) is 8.41. The molecule has 0 aliphatic rings. The molecule has 0 saturated carbocycles. The van der Waals surface area contributed by atoms with Crippen molar-refractivity contribution in [3.8, 4) is 0 Å². The van der Waals surface area contributed by atoms with Crippen LogP contribution >= 0.6 is 24.0 Å². The van der Waals surface area contributed by atoms with Gasteiger partial charge in [-0.25, -0.2) is 5.84 Å². The van der Waals surface area contributed by atoms with Gasteiger partial charge in [-0.3, -0.25) is 10.2 Å². The Bertz CT molecular complexity index is 427. The van der Waals surface area contributed by atoms with Gasteiger partial charge in [0, 0.05) is 5.88 Å². The van der Waals surface area contributed by atoms with Gasteiger partial charge >= 0.3 is 6.18 Å². The van der Waals surface area contributed by atoms with E-state index in [1.165, 1.54) is 18.2 Å². The van der Waals surface area contributed by atoms with E-state index in [0.717, 1.165) is 6.07 Å². The smallest absolute Gasteiger partial charge is 0.294 e. The number of benzene rings is 1. The van der Waals surface area contributed by atoms with Gasteiger partial charge in [-0.2, -0.15) is 13.2 Å². The molecule has 0 heterocycles. The Morgan fingerprint density at radius 2 is 1.95 bits per heavy atom. The van der Waals surface area contributed by atoms with E-state index in [0.29, 0.717) is 0 Å². The molecule has 1 aromatic carbocycles. The fraction of sp³-hybridized carbons (Fsp3) is 0.364. The van der Waals surface area contributed by atoms with E-state index in [1.54, 1.807) is 0 Å². The first-order valence-electron chi connectivity index (χ1n) is 5.14. The molecule has 1 aromatic rings. The summed E-state index contributed by atoms with van der Waals surface area (Å²) in [6, 6.07) is 4.90. The quantitative estimate of drug-likeness (QED) is 0.388. The molecule has 3 N–H and O–H groups in total. The fourth-order valence-electron chi connectivity index (χ4n) is 1.70.